The van der Waals surface area contributed by atoms with Gasteiger partial charge in [-0.25, -0.2) is 9.97 Å². The molecule has 1 aliphatic heterocycles. The zero-order chi connectivity index (χ0) is 20.5. The number of thiophene rings is 1. The van der Waals surface area contributed by atoms with Gasteiger partial charge in [0.25, 0.3) is 0 Å². The van der Waals surface area contributed by atoms with E-state index in [4.69, 9.17) is 0 Å². The molecule has 0 bridgehead atoms. The van der Waals surface area contributed by atoms with Crippen molar-refractivity contribution in [2.45, 2.75) is 26.7 Å². The molecule has 0 aliphatic carbocycles. The zero-order valence-electron chi connectivity index (χ0n) is 16.9. The van der Waals surface area contributed by atoms with Gasteiger partial charge in [-0.1, -0.05) is 0 Å². The van der Waals surface area contributed by atoms with Crippen LogP contribution in [0, 0.1) is 13.8 Å². The maximum atomic E-state index is 12.6. The lowest BCUT2D eigenvalue weighted by Crippen LogP contribution is -2.49. The minimum atomic E-state index is 0.0387. The average Bonchev–Trinajstić information content (AvgIpc) is 3.27. The van der Waals surface area contributed by atoms with E-state index in [9.17, 15) is 9.59 Å². The van der Waals surface area contributed by atoms with E-state index >= 15 is 0 Å². The SMILES string of the molecule is Cc1cc(C(=O)CCC(=O)N2CCN(c3ncnc4c3cnn4C)CC2)c(C)s1. The Bertz CT molecular complexity index is 1060. The molecule has 0 unspecified atom stereocenters. The lowest BCUT2D eigenvalue weighted by atomic mass is 10.1. The number of ketones is 1. The summed E-state index contributed by atoms with van der Waals surface area (Å²) < 4.78 is 1.73. The quantitative estimate of drug-likeness (QED) is 0.598. The highest BCUT2D eigenvalue weighted by Crippen LogP contribution is 2.24. The number of carbonyl (C=O) groups is 2. The van der Waals surface area contributed by atoms with Gasteiger partial charge >= 0.3 is 0 Å². The maximum absolute atomic E-state index is 12.6. The second-order valence-electron chi connectivity index (χ2n) is 7.32. The molecular formula is C20H24N6O2S. The molecule has 4 heterocycles. The molecule has 0 radical (unpaired) electrons. The lowest BCUT2D eigenvalue weighted by molar-refractivity contribution is -0.131. The summed E-state index contributed by atoms with van der Waals surface area (Å²) in [7, 11) is 1.86. The van der Waals surface area contributed by atoms with Gasteiger partial charge in [0.1, 0.15) is 12.1 Å². The highest BCUT2D eigenvalue weighted by atomic mass is 32.1. The number of hydrogen-bond acceptors (Lipinski definition) is 7. The molecule has 9 heteroatoms. The summed E-state index contributed by atoms with van der Waals surface area (Å²) in [5.41, 5.74) is 1.56. The van der Waals surface area contributed by atoms with Crippen LogP contribution < -0.4 is 4.90 Å². The van der Waals surface area contributed by atoms with Crippen LogP contribution >= 0.6 is 11.3 Å². The highest BCUT2D eigenvalue weighted by Gasteiger charge is 2.24. The standard InChI is InChI=1S/C20H24N6O2S/c1-13-10-15(14(2)29-13)17(27)4-5-18(28)25-6-8-26(9-7-25)20-16-11-23-24(3)19(16)21-12-22-20/h10-12H,4-9H2,1-3H3. The molecule has 0 spiro atoms. The number of anilines is 1. The van der Waals surface area contributed by atoms with Gasteiger partial charge in [0.15, 0.2) is 11.4 Å². The topological polar surface area (TPSA) is 84.2 Å². The lowest BCUT2D eigenvalue weighted by Gasteiger charge is -2.35. The molecule has 0 N–H and O–H groups in total. The predicted molar refractivity (Wildman–Crippen MR) is 112 cm³/mol. The summed E-state index contributed by atoms with van der Waals surface area (Å²) in [6.07, 6.45) is 3.85. The molecule has 0 aromatic carbocycles. The van der Waals surface area contributed by atoms with Crippen molar-refractivity contribution in [1.82, 2.24) is 24.6 Å². The smallest absolute Gasteiger partial charge is 0.223 e. The molecule has 0 atom stereocenters. The highest BCUT2D eigenvalue weighted by molar-refractivity contribution is 7.12. The van der Waals surface area contributed by atoms with Crippen LogP contribution in [0.3, 0.4) is 0 Å². The van der Waals surface area contributed by atoms with E-state index in [1.54, 1.807) is 28.5 Å². The maximum Gasteiger partial charge on any atom is 0.223 e. The van der Waals surface area contributed by atoms with Crippen molar-refractivity contribution in [2.75, 3.05) is 31.1 Å². The Morgan fingerprint density at radius 2 is 1.86 bits per heavy atom. The van der Waals surface area contributed by atoms with Crippen LogP contribution in [0.1, 0.15) is 33.0 Å². The molecule has 1 fully saturated rings. The van der Waals surface area contributed by atoms with Gasteiger partial charge in [-0.05, 0) is 19.9 Å². The largest absolute Gasteiger partial charge is 0.352 e. The number of carbonyl (C=O) groups excluding carboxylic acids is 2. The Hall–Kier alpha value is -2.81. The molecule has 1 aliphatic rings. The van der Waals surface area contributed by atoms with Gasteiger partial charge in [0, 0.05) is 61.4 Å². The first kappa shape index (κ1) is 19.5. The Morgan fingerprint density at radius 1 is 1.10 bits per heavy atom. The van der Waals surface area contributed by atoms with Crippen molar-refractivity contribution in [3.05, 3.63) is 33.9 Å². The normalized spacial score (nSPS) is 14.6. The fraction of sp³-hybridized carbons (Fsp3) is 0.450. The Balaban J connectivity index is 1.34. The van der Waals surface area contributed by atoms with Crippen molar-refractivity contribution in [2.24, 2.45) is 7.05 Å². The van der Waals surface area contributed by atoms with E-state index in [2.05, 4.69) is 20.0 Å². The molecule has 1 amide bonds. The molecule has 3 aromatic rings. The summed E-state index contributed by atoms with van der Waals surface area (Å²) in [5.74, 6) is 0.948. The van der Waals surface area contributed by atoms with Gasteiger partial charge < -0.3 is 9.80 Å². The van der Waals surface area contributed by atoms with E-state index in [0.717, 1.165) is 32.2 Å². The number of fused-ring (bicyclic) bond motifs is 1. The van der Waals surface area contributed by atoms with Gasteiger partial charge in [0.2, 0.25) is 5.91 Å². The summed E-state index contributed by atoms with van der Waals surface area (Å²) in [6.45, 7) is 6.59. The second kappa shape index (κ2) is 7.90. The number of piperazine rings is 1. The van der Waals surface area contributed by atoms with Crippen LogP contribution in [0.5, 0.6) is 0 Å². The Morgan fingerprint density at radius 3 is 2.55 bits per heavy atom. The summed E-state index contributed by atoms with van der Waals surface area (Å²) >= 11 is 1.62. The molecule has 4 rings (SSSR count). The van der Waals surface area contributed by atoms with Crippen molar-refractivity contribution in [3.8, 4) is 0 Å². The van der Waals surface area contributed by atoms with Crippen LogP contribution in [0.2, 0.25) is 0 Å². The number of nitrogens with zero attached hydrogens (tertiary/aromatic N) is 6. The number of aromatic nitrogens is 4. The van der Waals surface area contributed by atoms with E-state index < -0.39 is 0 Å². The van der Waals surface area contributed by atoms with Crippen LogP contribution in [-0.2, 0) is 11.8 Å². The number of rotatable bonds is 5. The summed E-state index contributed by atoms with van der Waals surface area (Å²) in [6, 6.07) is 1.92. The second-order valence-corrected chi connectivity index (χ2v) is 8.78. The molecular weight excluding hydrogens is 388 g/mol. The third-order valence-electron chi connectivity index (χ3n) is 5.35. The number of hydrogen-bond donors (Lipinski definition) is 0. The van der Waals surface area contributed by atoms with Gasteiger partial charge in [-0.3, -0.25) is 14.3 Å². The van der Waals surface area contributed by atoms with Crippen LogP contribution in [0.15, 0.2) is 18.6 Å². The van der Waals surface area contributed by atoms with Gasteiger partial charge in [0.05, 0.1) is 11.6 Å². The van der Waals surface area contributed by atoms with Crippen molar-refractivity contribution < 1.29 is 9.59 Å². The fourth-order valence-electron chi connectivity index (χ4n) is 3.79. The Labute approximate surface area is 173 Å². The minimum absolute atomic E-state index is 0.0387. The summed E-state index contributed by atoms with van der Waals surface area (Å²) in [5, 5.41) is 5.18. The van der Waals surface area contributed by atoms with E-state index in [1.807, 2.05) is 31.9 Å². The molecule has 1 saturated heterocycles. The first-order chi connectivity index (χ1) is 13.9. The third kappa shape index (κ3) is 3.87. The Kier molecular flexibility index (Phi) is 5.31. The molecule has 152 valence electrons. The summed E-state index contributed by atoms with van der Waals surface area (Å²) in [4.78, 5) is 39.9. The van der Waals surface area contributed by atoms with Gasteiger partial charge in [-0.15, -0.1) is 11.3 Å². The van der Waals surface area contributed by atoms with E-state index in [1.165, 1.54) is 0 Å². The van der Waals surface area contributed by atoms with Crippen LogP contribution in [0.4, 0.5) is 5.82 Å². The monoisotopic (exact) mass is 412 g/mol. The fourth-order valence-corrected chi connectivity index (χ4v) is 4.73. The van der Waals surface area contributed by atoms with E-state index in [-0.39, 0.29) is 24.5 Å². The van der Waals surface area contributed by atoms with Crippen molar-refractivity contribution in [3.63, 3.8) is 0 Å². The number of amides is 1. The number of aryl methyl sites for hydroxylation is 3. The van der Waals surface area contributed by atoms with Crippen molar-refractivity contribution >= 4 is 39.9 Å². The van der Waals surface area contributed by atoms with Gasteiger partial charge in [-0.2, -0.15) is 5.10 Å². The van der Waals surface area contributed by atoms with Crippen LogP contribution in [-0.4, -0.2) is 62.5 Å². The molecule has 0 saturated carbocycles. The molecule has 3 aromatic heterocycles. The van der Waals surface area contributed by atoms with E-state index in [0.29, 0.717) is 26.2 Å². The minimum Gasteiger partial charge on any atom is -0.352 e. The zero-order valence-corrected chi connectivity index (χ0v) is 17.7. The molecule has 29 heavy (non-hydrogen) atoms. The first-order valence-corrected chi connectivity index (χ1v) is 10.5. The third-order valence-corrected chi connectivity index (χ3v) is 6.31. The predicted octanol–water partition coefficient (Wildman–Crippen LogP) is 2.35. The number of Topliss-reactive ketones (excluding diaryl/α,β-unsaturated/α-hetero) is 1. The first-order valence-electron chi connectivity index (χ1n) is 9.69. The molecule has 8 nitrogen and oxygen atoms in total. The average molecular weight is 413 g/mol. The van der Waals surface area contributed by atoms with Crippen LogP contribution in [0.25, 0.3) is 11.0 Å². The van der Waals surface area contributed by atoms with Crippen molar-refractivity contribution in [1.29, 1.82) is 0 Å².